The Labute approximate surface area is 216 Å². The van der Waals surface area contributed by atoms with Gasteiger partial charge in [0.15, 0.2) is 29.1 Å². The number of alkyl halides is 6. The van der Waals surface area contributed by atoms with Crippen LogP contribution in [0.15, 0.2) is 47.3 Å². The molecule has 0 bridgehead atoms. The second kappa shape index (κ2) is 10.2. The Morgan fingerprint density at radius 2 is 1.70 bits per heavy atom. The summed E-state index contributed by atoms with van der Waals surface area (Å²) in [5.74, 6) is -8.85. The minimum Gasteiger partial charge on any atom is -0.480 e. The summed E-state index contributed by atoms with van der Waals surface area (Å²) in [5, 5.41) is 18.1. The highest BCUT2D eigenvalue weighted by atomic mass is 19.4. The fourth-order valence-electron chi connectivity index (χ4n) is 3.54. The van der Waals surface area contributed by atoms with E-state index in [1.807, 2.05) is 0 Å². The van der Waals surface area contributed by atoms with Crippen molar-refractivity contribution < 1.29 is 53.9 Å². The predicted octanol–water partition coefficient (Wildman–Crippen LogP) is 5.07. The van der Waals surface area contributed by atoms with Gasteiger partial charge in [-0.15, -0.1) is 0 Å². The Hall–Kier alpha value is -4.64. The van der Waals surface area contributed by atoms with Gasteiger partial charge < -0.3 is 14.9 Å². The number of rotatable bonds is 8. The fraction of sp³-hybridized carbons (Fsp3) is 0.227. The molecule has 0 atom stereocenters. The van der Waals surface area contributed by atoms with Crippen LogP contribution < -0.4 is 5.32 Å². The maximum Gasteiger partial charge on any atom is 0.415 e. The van der Waals surface area contributed by atoms with Gasteiger partial charge in [-0.05, 0) is 12.1 Å². The SMILES string of the molecule is O=C(O)C(CNc1nc(-c2cc(-c3ccon3)n(Cc3cccc(F)c3F)n2)ncc1F)(C(F)(F)F)C(F)(F)F. The number of benzene rings is 1. The molecule has 1 aromatic carbocycles. The third kappa shape index (κ3) is 5.03. The topological polar surface area (TPSA) is 119 Å². The summed E-state index contributed by atoms with van der Waals surface area (Å²) in [6.45, 7) is -2.75. The van der Waals surface area contributed by atoms with Crippen LogP contribution in [-0.2, 0) is 11.3 Å². The summed E-state index contributed by atoms with van der Waals surface area (Å²) in [5.41, 5.74) is -5.47. The highest BCUT2D eigenvalue weighted by Gasteiger charge is 2.76. The van der Waals surface area contributed by atoms with Crippen molar-refractivity contribution in [3.05, 3.63) is 65.8 Å². The van der Waals surface area contributed by atoms with Crippen LogP contribution >= 0.6 is 0 Å². The molecule has 0 aliphatic rings. The summed E-state index contributed by atoms with van der Waals surface area (Å²) in [6, 6.07) is 5.92. The molecular formula is C22H13F9N6O3. The first-order valence-electron chi connectivity index (χ1n) is 10.7. The van der Waals surface area contributed by atoms with Crippen molar-refractivity contribution in [2.24, 2.45) is 5.41 Å². The highest BCUT2D eigenvalue weighted by Crippen LogP contribution is 2.50. The van der Waals surface area contributed by atoms with E-state index in [0.29, 0.717) is 6.20 Å². The molecule has 0 unspecified atom stereocenters. The van der Waals surface area contributed by atoms with E-state index >= 15 is 0 Å². The zero-order valence-electron chi connectivity index (χ0n) is 19.4. The van der Waals surface area contributed by atoms with E-state index in [4.69, 9.17) is 9.63 Å². The zero-order chi connectivity index (χ0) is 29.5. The number of carboxylic acid groups (broad SMARTS) is 1. The largest absolute Gasteiger partial charge is 0.480 e. The maximum absolute atomic E-state index is 14.3. The molecule has 0 amide bonds. The molecule has 0 spiro atoms. The van der Waals surface area contributed by atoms with Gasteiger partial charge in [0.25, 0.3) is 5.41 Å². The molecule has 0 fully saturated rings. The number of halogens is 9. The standard InChI is InChI=1S/C22H13F9N6O3/c23-11-3-1-2-10(16(11)25)8-37-15(13-4-5-40-36-13)6-14(35-37)18-32-7-12(24)17(34-18)33-9-20(19(38)39,21(26,27)28)22(29,30)31/h1-7H,8-9H2,(H,38,39)(H,32,33,34). The number of nitrogens with one attached hydrogen (secondary N) is 1. The van der Waals surface area contributed by atoms with Gasteiger partial charge in [0, 0.05) is 11.6 Å². The maximum atomic E-state index is 14.3. The Bertz CT molecular complexity index is 1520. The van der Waals surface area contributed by atoms with E-state index in [-0.39, 0.29) is 22.6 Å². The lowest BCUT2D eigenvalue weighted by atomic mass is 9.86. The van der Waals surface area contributed by atoms with Crippen LogP contribution in [0, 0.1) is 22.9 Å². The van der Waals surface area contributed by atoms with Gasteiger partial charge in [0.05, 0.1) is 25.0 Å². The molecule has 0 saturated heterocycles. The first-order valence-corrected chi connectivity index (χ1v) is 10.7. The molecule has 4 rings (SSSR count). The lowest BCUT2D eigenvalue weighted by Crippen LogP contribution is -2.59. The van der Waals surface area contributed by atoms with Crippen LogP contribution in [0.2, 0.25) is 0 Å². The molecule has 4 aromatic rings. The number of carbonyl (C=O) groups is 1. The first-order chi connectivity index (χ1) is 18.7. The van der Waals surface area contributed by atoms with Crippen molar-refractivity contribution in [2.75, 3.05) is 11.9 Å². The van der Waals surface area contributed by atoms with E-state index in [1.54, 1.807) is 0 Å². The van der Waals surface area contributed by atoms with Crippen LogP contribution in [0.25, 0.3) is 22.9 Å². The van der Waals surface area contributed by atoms with Gasteiger partial charge in [0.1, 0.15) is 17.7 Å². The number of hydrogen-bond donors (Lipinski definition) is 2. The quantitative estimate of drug-likeness (QED) is 0.278. The van der Waals surface area contributed by atoms with E-state index in [1.165, 1.54) is 35.8 Å². The minimum absolute atomic E-state index is 0.105. The zero-order valence-corrected chi connectivity index (χ0v) is 19.4. The van der Waals surface area contributed by atoms with Crippen molar-refractivity contribution in [3.8, 4) is 22.9 Å². The molecule has 40 heavy (non-hydrogen) atoms. The van der Waals surface area contributed by atoms with Gasteiger partial charge in [-0.3, -0.25) is 9.48 Å². The Morgan fingerprint density at radius 3 is 2.30 bits per heavy atom. The molecule has 3 heterocycles. The second-order valence-corrected chi connectivity index (χ2v) is 8.12. The highest BCUT2D eigenvalue weighted by molar-refractivity contribution is 5.78. The third-order valence-electron chi connectivity index (χ3n) is 5.66. The fourth-order valence-corrected chi connectivity index (χ4v) is 3.54. The molecule has 0 saturated carbocycles. The van der Waals surface area contributed by atoms with Crippen molar-refractivity contribution in [1.82, 2.24) is 24.9 Å². The van der Waals surface area contributed by atoms with Crippen molar-refractivity contribution in [2.45, 2.75) is 18.9 Å². The van der Waals surface area contributed by atoms with Gasteiger partial charge >= 0.3 is 18.3 Å². The van der Waals surface area contributed by atoms with Gasteiger partial charge in [0.2, 0.25) is 0 Å². The Balaban J connectivity index is 1.73. The van der Waals surface area contributed by atoms with Crippen LogP contribution in [0.5, 0.6) is 0 Å². The average molecular weight is 580 g/mol. The normalized spacial score (nSPS) is 12.5. The molecular weight excluding hydrogens is 567 g/mol. The van der Waals surface area contributed by atoms with E-state index in [9.17, 15) is 44.3 Å². The van der Waals surface area contributed by atoms with Crippen LogP contribution in [0.4, 0.5) is 45.3 Å². The number of aliphatic carboxylic acids is 1. The lowest BCUT2D eigenvalue weighted by molar-refractivity contribution is -0.326. The lowest BCUT2D eigenvalue weighted by Gasteiger charge is -2.33. The number of anilines is 1. The second-order valence-electron chi connectivity index (χ2n) is 8.12. The first kappa shape index (κ1) is 28.4. The average Bonchev–Trinajstić information content (AvgIpc) is 3.51. The molecule has 0 aliphatic carbocycles. The van der Waals surface area contributed by atoms with E-state index in [0.717, 1.165) is 10.7 Å². The smallest absolute Gasteiger partial charge is 0.415 e. The van der Waals surface area contributed by atoms with Gasteiger partial charge in [-0.2, -0.15) is 31.4 Å². The molecule has 212 valence electrons. The van der Waals surface area contributed by atoms with Crippen LogP contribution in [-0.4, -0.2) is 54.9 Å². The number of nitrogens with zero attached hydrogens (tertiary/aromatic N) is 5. The summed E-state index contributed by atoms with van der Waals surface area (Å²) in [6.07, 6.45) is -11.1. The predicted molar refractivity (Wildman–Crippen MR) is 115 cm³/mol. The molecule has 0 aliphatic heterocycles. The number of hydrogen-bond acceptors (Lipinski definition) is 7. The molecule has 3 aromatic heterocycles. The number of carboxylic acids is 1. The van der Waals surface area contributed by atoms with Crippen LogP contribution in [0.1, 0.15) is 5.56 Å². The van der Waals surface area contributed by atoms with Crippen LogP contribution in [0.3, 0.4) is 0 Å². The Kier molecular flexibility index (Phi) is 7.20. The summed E-state index contributed by atoms with van der Waals surface area (Å²) in [4.78, 5) is 18.4. The summed E-state index contributed by atoms with van der Waals surface area (Å²) >= 11 is 0. The minimum atomic E-state index is -6.33. The van der Waals surface area contributed by atoms with Crippen molar-refractivity contribution >= 4 is 11.8 Å². The van der Waals surface area contributed by atoms with E-state index < -0.39 is 65.9 Å². The molecule has 0 radical (unpaired) electrons. The monoisotopic (exact) mass is 580 g/mol. The Morgan fingerprint density at radius 1 is 1.00 bits per heavy atom. The third-order valence-corrected chi connectivity index (χ3v) is 5.66. The molecule has 18 heteroatoms. The van der Waals surface area contributed by atoms with Gasteiger partial charge in [-0.1, -0.05) is 17.3 Å². The number of aromatic nitrogens is 5. The summed E-state index contributed by atoms with van der Waals surface area (Å²) < 4.78 is 128. The molecule has 9 nitrogen and oxygen atoms in total. The van der Waals surface area contributed by atoms with E-state index in [2.05, 4.69) is 20.2 Å². The van der Waals surface area contributed by atoms with Crippen molar-refractivity contribution in [3.63, 3.8) is 0 Å². The van der Waals surface area contributed by atoms with Crippen molar-refractivity contribution in [1.29, 1.82) is 0 Å². The molecule has 2 N–H and O–H groups in total. The summed E-state index contributed by atoms with van der Waals surface area (Å²) in [7, 11) is 0. The van der Waals surface area contributed by atoms with Gasteiger partial charge in [-0.25, -0.2) is 23.1 Å².